The lowest BCUT2D eigenvalue weighted by molar-refractivity contribution is -0.118. The quantitative estimate of drug-likeness (QED) is 0.265. The van der Waals surface area contributed by atoms with Gasteiger partial charge in [-0.3, -0.25) is 14.9 Å². The predicted molar refractivity (Wildman–Crippen MR) is 150 cm³/mol. The van der Waals surface area contributed by atoms with Crippen molar-refractivity contribution in [2.75, 3.05) is 25.6 Å². The van der Waals surface area contributed by atoms with E-state index < -0.39 is 23.9 Å². The highest BCUT2D eigenvalue weighted by atomic mass is 32.1. The second-order valence-electron chi connectivity index (χ2n) is 9.51. The molecule has 0 unspecified atom stereocenters. The number of rotatable bonds is 9. The second-order valence-corrected chi connectivity index (χ2v) is 10.5. The first-order valence-electron chi connectivity index (χ1n) is 12.4. The lowest BCUT2D eigenvalue weighted by Crippen LogP contribution is -2.22. The number of nitrogens with zero attached hydrogens (tertiary/aromatic N) is 1. The number of fused-ring (bicyclic) bond motifs is 1. The third kappa shape index (κ3) is 6.28. The SMILES string of the molecule is COc1ccc(-c2oc3cc(C)c(C)cc3c(=O)c2OCC(=O)Nc2nc(C)c(C(=O)OCC(C)C)s2)cc1. The molecule has 39 heavy (non-hydrogen) atoms. The summed E-state index contributed by atoms with van der Waals surface area (Å²) < 4.78 is 22.4. The number of amides is 1. The number of aromatic nitrogens is 1. The highest BCUT2D eigenvalue weighted by Crippen LogP contribution is 2.33. The van der Waals surface area contributed by atoms with E-state index in [0.717, 1.165) is 22.5 Å². The fraction of sp³-hybridized carbons (Fsp3) is 0.310. The standard InChI is InChI=1S/C29H30N2O7S/c1-15(2)13-37-28(34)27-18(5)30-29(39-27)31-23(32)14-36-26-24(33)21-11-16(3)17(4)12-22(21)38-25(26)19-7-9-20(35-6)10-8-19/h7-12,15H,13-14H2,1-6H3,(H,30,31,32). The minimum absolute atomic E-state index is 0.0839. The molecule has 2 aromatic carbocycles. The Labute approximate surface area is 229 Å². The van der Waals surface area contributed by atoms with Gasteiger partial charge in [0.25, 0.3) is 5.91 Å². The molecule has 0 aliphatic heterocycles. The van der Waals surface area contributed by atoms with Gasteiger partial charge >= 0.3 is 5.97 Å². The van der Waals surface area contributed by atoms with Gasteiger partial charge in [0, 0.05) is 5.56 Å². The molecule has 10 heteroatoms. The third-order valence-electron chi connectivity index (χ3n) is 5.94. The first-order chi connectivity index (χ1) is 18.6. The van der Waals surface area contributed by atoms with Crippen molar-refractivity contribution in [3.8, 4) is 22.8 Å². The van der Waals surface area contributed by atoms with Gasteiger partial charge in [-0.15, -0.1) is 0 Å². The van der Waals surface area contributed by atoms with Crippen LogP contribution in [0.15, 0.2) is 45.6 Å². The summed E-state index contributed by atoms with van der Waals surface area (Å²) in [5.41, 5.74) is 2.97. The zero-order valence-electron chi connectivity index (χ0n) is 22.7. The Hall–Kier alpha value is -4.18. The van der Waals surface area contributed by atoms with Crippen LogP contribution in [-0.4, -0.2) is 37.2 Å². The van der Waals surface area contributed by atoms with Crippen molar-refractivity contribution in [1.29, 1.82) is 0 Å². The Morgan fingerprint density at radius 2 is 1.77 bits per heavy atom. The summed E-state index contributed by atoms with van der Waals surface area (Å²) >= 11 is 1.02. The lowest BCUT2D eigenvalue weighted by atomic mass is 10.0. The number of ether oxygens (including phenoxy) is 3. The van der Waals surface area contributed by atoms with Crippen LogP contribution in [0.2, 0.25) is 0 Å². The summed E-state index contributed by atoms with van der Waals surface area (Å²) in [5.74, 6) is -0.0841. The van der Waals surface area contributed by atoms with Crippen LogP contribution >= 0.6 is 11.3 Å². The molecule has 9 nitrogen and oxygen atoms in total. The van der Waals surface area contributed by atoms with Gasteiger partial charge in [0.1, 0.15) is 16.2 Å². The van der Waals surface area contributed by atoms with E-state index in [9.17, 15) is 14.4 Å². The van der Waals surface area contributed by atoms with E-state index in [0.29, 0.717) is 32.9 Å². The summed E-state index contributed by atoms with van der Waals surface area (Å²) in [6.45, 7) is 9.20. The minimum atomic E-state index is -0.550. The van der Waals surface area contributed by atoms with Gasteiger partial charge in [-0.05, 0) is 74.2 Å². The summed E-state index contributed by atoms with van der Waals surface area (Å²) in [4.78, 5) is 43.2. The number of carbonyl (C=O) groups excluding carboxylic acids is 2. The van der Waals surface area contributed by atoms with Gasteiger partial charge < -0.3 is 18.6 Å². The summed E-state index contributed by atoms with van der Waals surface area (Å²) in [5, 5.41) is 3.21. The van der Waals surface area contributed by atoms with Gasteiger partial charge in [0.05, 0.1) is 24.8 Å². The number of thiazole rings is 1. The van der Waals surface area contributed by atoms with Gasteiger partial charge in [-0.2, -0.15) is 0 Å². The Bertz CT molecular complexity index is 1590. The monoisotopic (exact) mass is 550 g/mol. The zero-order valence-corrected chi connectivity index (χ0v) is 23.5. The van der Waals surface area contributed by atoms with Crippen molar-refractivity contribution in [1.82, 2.24) is 4.98 Å². The molecule has 0 bridgehead atoms. The van der Waals surface area contributed by atoms with E-state index >= 15 is 0 Å². The topological polar surface area (TPSA) is 117 Å². The van der Waals surface area contributed by atoms with E-state index in [4.69, 9.17) is 18.6 Å². The third-order valence-corrected chi connectivity index (χ3v) is 6.99. The van der Waals surface area contributed by atoms with Gasteiger partial charge in [-0.1, -0.05) is 25.2 Å². The first kappa shape index (κ1) is 27.8. The predicted octanol–water partition coefficient (Wildman–Crippen LogP) is 5.68. The molecule has 0 atom stereocenters. The smallest absolute Gasteiger partial charge is 0.350 e. The fourth-order valence-corrected chi connectivity index (χ4v) is 4.61. The van der Waals surface area contributed by atoms with E-state index in [1.165, 1.54) is 0 Å². The molecular formula is C29H30N2O7S. The number of nitrogens with one attached hydrogen (secondary N) is 1. The van der Waals surface area contributed by atoms with Crippen LogP contribution in [0.4, 0.5) is 5.13 Å². The zero-order chi connectivity index (χ0) is 28.3. The Morgan fingerprint density at radius 1 is 1.08 bits per heavy atom. The van der Waals surface area contributed by atoms with Crippen molar-refractivity contribution in [2.45, 2.75) is 34.6 Å². The highest BCUT2D eigenvalue weighted by Gasteiger charge is 2.21. The first-order valence-corrected chi connectivity index (χ1v) is 13.2. The molecule has 204 valence electrons. The van der Waals surface area contributed by atoms with E-state index in [2.05, 4.69) is 10.3 Å². The molecule has 0 radical (unpaired) electrons. The van der Waals surface area contributed by atoms with Gasteiger partial charge in [-0.25, -0.2) is 9.78 Å². The van der Waals surface area contributed by atoms with Crippen molar-refractivity contribution < 1.29 is 28.2 Å². The molecule has 0 saturated heterocycles. The second kappa shape index (κ2) is 11.7. The van der Waals surface area contributed by atoms with Crippen LogP contribution in [0.1, 0.15) is 40.3 Å². The molecule has 0 spiro atoms. The fourth-order valence-electron chi connectivity index (χ4n) is 3.74. The maximum Gasteiger partial charge on any atom is 0.350 e. The highest BCUT2D eigenvalue weighted by molar-refractivity contribution is 7.17. The molecule has 2 aromatic heterocycles. The van der Waals surface area contributed by atoms with E-state index in [-0.39, 0.29) is 29.2 Å². The number of benzene rings is 2. The number of aryl methyl sites for hydroxylation is 3. The molecule has 4 aromatic rings. The Kier molecular flexibility index (Phi) is 8.35. The number of hydrogen-bond donors (Lipinski definition) is 1. The van der Waals surface area contributed by atoms with Crippen LogP contribution < -0.4 is 20.2 Å². The molecule has 0 fully saturated rings. The van der Waals surface area contributed by atoms with Crippen molar-refractivity contribution >= 4 is 39.3 Å². The molecule has 0 aliphatic rings. The van der Waals surface area contributed by atoms with Crippen molar-refractivity contribution in [3.05, 3.63) is 68.3 Å². The Morgan fingerprint density at radius 3 is 2.44 bits per heavy atom. The minimum Gasteiger partial charge on any atom is -0.497 e. The lowest BCUT2D eigenvalue weighted by Gasteiger charge is -2.13. The summed E-state index contributed by atoms with van der Waals surface area (Å²) in [6.07, 6.45) is 0. The molecular weight excluding hydrogens is 520 g/mol. The van der Waals surface area contributed by atoms with E-state index in [1.54, 1.807) is 44.4 Å². The van der Waals surface area contributed by atoms with Crippen LogP contribution in [-0.2, 0) is 9.53 Å². The number of anilines is 1. The number of carbonyl (C=O) groups is 2. The maximum absolute atomic E-state index is 13.5. The van der Waals surface area contributed by atoms with Crippen LogP contribution in [0.3, 0.4) is 0 Å². The molecule has 0 saturated carbocycles. The Balaban J connectivity index is 1.59. The molecule has 4 rings (SSSR count). The molecule has 0 aliphatic carbocycles. The average molecular weight is 551 g/mol. The maximum atomic E-state index is 13.5. The molecule has 2 heterocycles. The molecule has 1 N–H and O–H groups in total. The number of methoxy groups -OCH3 is 1. The van der Waals surface area contributed by atoms with Crippen LogP contribution in [0, 0.1) is 26.7 Å². The van der Waals surface area contributed by atoms with Crippen molar-refractivity contribution in [2.24, 2.45) is 5.92 Å². The number of hydrogen-bond acceptors (Lipinski definition) is 9. The van der Waals surface area contributed by atoms with E-state index in [1.807, 2.05) is 33.8 Å². The number of esters is 1. The van der Waals surface area contributed by atoms with Crippen molar-refractivity contribution in [3.63, 3.8) is 0 Å². The van der Waals surface area contributed by atoms with Crippen LogP contribution in [0.25, 0.3) is 22.3 Å². The molecule has 1 amide bonds. The average Bonchev–Trinajstić information content (AvgIpc) is 3.27. The normalized spacial score (nSPS) is 11.1. The largest absolute Gasteiger partial charge is 0.497 e. The van der Waals surface area contributed by atoms with Crippen LogP contribution in [0.5, 0.6) is 11.5 Å². The summed E-state index contributed by atoms with van der Waals surface area (Å²) in [7, 11) is 1.56. The van der Waals surface area contributed by atoms with Gasteiger partial charge in [0.2, 0.25) is 11.2 Å². The van der Waals surface area contributed by atoms with Gasteiger partial charge in [0.15, 0.2) is 17.5 Å². The summed E-state index contributed by atoms with van der Waals surface area (Å²) in [6, 6.07) is 10.5.